The van der Waals surface area contributed by atoms with Crippen LogP contribution in [0.4, 0.5) is 14.7 Å². The molecule has 0 atom stereocenters. The number of aromatic nitrogens is 6. The molecule has 4 heterocycles. The Hall–Kier alpha value is -4.61. The van der Waals surface area contributed by atoms with Gasteiger partial charge in [-0.2, -0.15) is 4.68 Å². The summed E-state index contributed by atoms with van der Waals surface area (Å²) in [6, 6.07) is 12.3. The molecule has 3 N–H and O–H groups in total. The Balaban J connectivity index is 1.80. The molecule has 12 heteroatoms. The molecule has 0 unspecified atom stereocenters. The van der Waals surface area contributed by atoms with Gasteiger partial charge in [-0.15, -0.1) is 9.50 Å². The molecule has 0 radical (unpaired) electrons. The van der Waals surface area contributed by atoms with Gasteiger partial charge in [0.05, 0.1) is 12.1 Å². The normalized spacial score (nSPS) is 11.5. The van der Waals surface area contributed by atoms with E-state index < -0.39 is 17.9 Å². The maximum atomic E-state index is 13.2. The lowest BCUT2D eigenvalue weighted by atomic mass is 10.0. The van der Waals surface area contributed by atoms with Crippen LogP contribution in [0.1, 0.15) is 17.9 Å². The first-order chi connectivity index (χ1) is 16.3. The van der Waals surface area contributed by atoms with E-state index in [0.29, 0.717) is 16.8 Å². The fraction of sp³-hybridized carbons (Fsp3) is 0.136. The van der Waals surface area contributed by atoms with Crippen LogP contribution < -0.4 is 22.0 Å². The number of H-pyrrole nitrogens is 1. The first-order valence-electron chi connectivity index (χ1n) is 10.1. The van der Waals surface area contributed by atoms with E-state index in [-0.39, 0.29) is 29.4 Å². The van der Waals surface area contributed by atoms with Crippen molar-refractivity contribution in [3.05, 3.63) is 87.3 Å². The summed E-state index contributed by atoms with van der Waals surface area (Å²) in [6.07, 6.45) is -0.387. The van der Waals surface area contributed by atoms with Crippen molar-refractivity contribution in [2.75, 3.05) is 5.73 Å². The summed E-state index contributed by atoms with van der Waals surface area (Å²) in [5, 5.41) is 4.42. The summed E-state index contributed by atoms with van der Waals surface area (Å²) < 4.78 is 34.8. The predicted molar refractivity (Wildman–Crippen MR) is 117 cm³/mol. The van der Waals surface area contributed by atoms with E-state index in [0.717, 1.165) is 21.0 Å². The molecule has 0 saturated heterocycles. The second kappa shape index (κ2) is 8.06. The molecule has 10 nitrogen and oxygen atoms in total. The van der Waals surface area contributed by atoms with Crippen LogP contribution in [0.2, 0.25) is 0 Å². The lowest BCUT2D eigenvalue weighted by Gasteiger charge is -2.10. The number of rotatable bonds is 5. The SMILES string of the molecule is Cn1cc(-c2c(-c3ccccc3)[nH+]c(N)n3c(=O)n(Cc4ncoc4C(F)F)nc23)ccc1=O. The van der Waals surface area contributed by atoms with Gasteiger partial charge in [-0.1, -0.05) is 30.3 Å². The minimum Gasteiger partial charge on any atom is -0.442 e. The number of hydrogen-bond donors (Lipinski definition) is 1. The Morgan fingerprint density at radius 3 is 2.59 bits per heavy atom. The summed E-state index contributed by atoms with van der Waals surface area (Å²) in [7, 11) is 1.60. The van der Waals surface area contributed by atoms with Gasteiger partial charge < -0.3 is 8.98 Å². The number of oxazole rings is 1. The predicted octanol–water partition coefficient (Wildman–Crippen LogP) is 1.90. The Kier molecular flexibility index (Phi) is 5.04. The first kappa shape index (κ1) is 21.2. The quantitative estimate of drug-likeness (QED) is 0.421. The molecule has 0 saturated carbocycles. The third-order valence-electron chi connectivity index (χ3n) is 5.41. The number of hydrogen-bond acceptors (Lipinski definition) is 6. The molecule has 0 bridgehead atoms. The summed E-state index contributed by atoms with van der Waals surface area (Å²) in [6.45, 7) is -0.344. The van der Waals surface area contributed by atoms with Crippen molar-refractivity contribution in [1.82, 2.24) is 23.7 Å². The second-order valence-electron chi connectivity index (χ2n) is 7.56. The minimum absolute atomic E-state index is 0.00657. The molecule has 0 spiro atoms. The molecule has 5 rings (SSSR count). The van der Waals surface area contributed by atoms with Crippen LogP contribution in [-0.4, -0.2) is 23.7 Å². The van der Waals surface area contributed by atoms with Gasteiger partial charge in [-0.05, 0) is 6.07 Å². The molecule has 0 aliphatic rings. The van der Waals surface area contributed by atoms with Crippen molar-refractivity contribution in [3.8, 4) is 22.4 Å². The Morgan fingerprint density at radius 2 is 1.88 bits per heavy atom. The third kappa shape index (κ3) is 3.45. The van der Waals surface area contributed by atoms with Crippen LogP contribution >= 0.6 is 0 Å². The summed E-state index contributed by atoms with van der Waals surface area (Å²) in [5.41, 5.74) is 7.82. The van der Waals surface area contributed by atoms with E-state index in [1.807, 2.05) is 30.3 Å². The molecule has 0 aliphatic carbocycles. The molecule has 0 amide bonds. The van der Waals surface area contributed by atoms with E-state index in [4.69, 9.17) is 10.2 Å². The Morgan fingerprint density at radius 1 is 1.12 bits per heavy atom. The van der Waals surface area contributed by atoms with E-state index in [1.165, 1.54) is 10.6 Å². The van der Waals surface area contributed by atoms with Crippen LogP contribution in [0.3, 0.4) is 0 Å². The van der Waals surface area contributed by atoms with Gasteiger partial charge in [0.2, 0.25) is 11.2 Å². The topological polar surface area (TPSA) is 127 Å². The number of nitrogens with one attached hydrogen (secondary N) is 1. The number of pyridine rings is 1. The summed E-state index contributed by atoms with van der Waals surface area (Å²) in [4.78, 5) is 32.0. The van der Waals surface area contributed by atoms with Crippen LogP contribution in [-0.2, 0) is 13.6 Å². The van der Waals surface area contributed by atoms with Crippen molar-refractivity contribution in [2.45, 2.75) is 13.0 Å². The van der Waals surface area contributed by atoms with Crippen molar-refractivity contribution >= 4 is 11.6 Å². The van der Waals surface area contributed by atoms with E-state index in [2.05, 4.69) is 15.1 Å². The fourth-order valence-electron chi connectivity index (χ4n) is 3.80. The van der Waals surface area contributed by atoms with Gasteiger partial charge in [0.25, 0.3) is 6.43 Å². The van der Waals surface area contributed by atoms with Crippen LogP contribution in [0.25, 0.3) is 28.0 Å². The van der Waals surface area contributed by atoms with Gasteiger partial charge in [-0.3, -0.25) is 10.5 Å². The summed E-state index contributed by atoms with van der Waals surface area (Å²) >= 11 is 0. The van der Waals surface area contributed by atoms with Gasteiger partial charge in [0.1, 0.15) is 11.4 Å². The number of anilines is 1. The maximum Gasteiger partial charge on any atom is 0.411 e. The van der Waals surface area contributed by atoms with E-state index in [9.17, 15) is 18.4 Å². The lowest BCUT2D eigenvalue weighted by Crippen LogP contribution is -2.28. The van der Waals surface area contributed by atoms with Crippen molar-refractivity contribution < 1.29 is 18.2 Å². The number of halogens is 2. The number of nitrogens with two attached hydrogens (primary N) is 1. The van der Waals surface area contributed by atoms with E-state index >= 15 is 0 Å². The number of nitrogens with zero attached hydrogens (tertiary/aromatic N) is 5. The number of aromatic amines is 1. The summed E-state index contributed by atoms with van der Waals surface area (Å²) in [5.74, 6) is -0.639. The lowest BCUT2D eigenvalue weighted by molar-refractivity contribution is -0.351. The molecule has 172 valence electrons. The number of benzene rings is 1. The molecule has 1 aromatic carbocycles. The second-order valence-corrected chi connectivity index (χ2v) is 7.56. The monoisotopic (exact) mass is 466 g/mol. The zero-order valence-corrected chi connectivity index (χ0v) is 17.8. The number of nitrogen functional groups attached to an aromatic ring is 1. The first-order valence-corrected chi connectivity index (χ1v) is 10.1. The smallest absolute Gasteiger partial charge is 0.411 e. The average molecular weight is 466 g/mol. The van der Waals surface area contributed by atoms with Gasteiger partial charge in [-0.25, -0.2) is 23.5 Å². The fourth-order valence-corrected chi connectivity index (χ4v) is 3.80. The average Bonchev–Trinajstić information content (AvgIpc) is 3.41. The standard InChI is InChI=1S/C22H17F2N7O3/c1-29-9-13(7-8-15(29)32)16-17(12-5-3-2-4-6-12)27-21(25)31-20(16)28-30(22(31)33)10-14-18(19(23)24)34-11-26-14/h2-9,11,19H,10H2,1H3,(H2,25,27)/p+1. The van der Waals surface area contributed by atoms with Crippen LogP contribution in [0.15, 0.2) is 69.1 Å². The minimum atomic E-state index is -2.89. The molecule has 5 aromatic rings. The Bertz CT molecular complexity index is 1630. The molecule has 34 heavy (non-hydrogen) atoms. The van der Waals surface area contributed by atoms with Crippen molar-refractivity contribution in [2.24, 2.45) is 7.05 Å². The largest absolute Gasteiger partial charge is 0.442 e. The molecular weight excluding hydrogens is 448 g/mol. The third-order valence-corrected chi connectivity index (χ3v) is 5.41. The molecule has 0 fully saturated rings. The number of fused-ring (bicyclic) bond motifs is 1. The van der Waals surface area contributed by atoms with E-state index in [1.54, 1.807) is 19.3 Å². The maximum absolute atomic E-state index is 13.2. The Labute approximate surface area is 189 Å². The number of aryl methyl sites for hydroxylation is 1. The zero-order chi connectivity index (χ0) is 24.0. The van der Waals surface area contributed by atoms with Gasteiger partial charge >= 0.3 is 11.6 Å². The zero-order valence-electron chi connectivity index (χ0n) is 17.8. The van der Waals surface area contributed by atoms with Gasteiger partial charge in [0, 0.05) is 30.4 Å². The highest BCUT2D eigenvalue weighted by Gasteiger charge is 2.27. The van der Waals surface area contributed by atoms with Gasteiger partial charge in [0.15, 0.2) is 12.2 Å². The molecule has 0 aliphatic heterocycles. The highest BCUT2D eigenvalue weighted by atomic mass is 19.3. The van der Waals surface area contributed by atoms with Crippen molar-refractivity contribution in [1.29, 1.82) is 0 Å². The molecule has 4 aromatic heterocycles. The van der Waals surface area contributed by atoms with Crippen LogP contribution in [0, 0.1) is 0 Å². The molecular formula is C22H18F2N7O3+. The van der Waals surface area contributed by atoms with Crippen LogP contribution in [0.5, 0.6) is 0 Å². The number of alkyl halides is 2. The highest BCUT2D eigenvalue weighted by Crippen LogP contribution is 2.32. The highest BCUT2D eigenvalue weighted by molar-refractivity contribution is 5.88. The van der Waals surface area contributed by atoms with Crippen molar-refractivity contribution in [3.63, 3.8) is 0 Å².